The van der Waals surface area contributed by atoms with Gasteiger partial charge >= 0.3 is 7.82 Å². The molecular formula is C39H57N6O9P. The van der Waals surface area contributed by atoms with E-state index in [4.69, 9.17) is 29.0 Å². The molecule has 6 atom stereocenters. The fourth-order valence-corrected chi connectivity index (χ4v) is 7.40. The standard InChI is InChI=1S/C39H57N6O9P/c1-2-3-4-5-6-7-8-9-10-11-12-13-14-15-21-50-25-32(51-24-31-18-16-17-30(22-31)23-40)26-52-55(48,49)53-27-34-36(46)37(47)39(28-41,54-34)35-20-19-33-38(42)43-29-44-45(33)35/h16-20,22,29,32,34,36-37,46-47H,2-15,21,24-27H2,1H3,(H,48,49)(H2,42,43,44)/t32-,34-,36-,37-,39+/m1/s1. The van der Waals surface area contributed by atoms with E-state index in [0.717, 1.165) is 24.8 Å². The molecule has 3 heterocycles. The molecule has 5 N–H and O–H groups in total. The lowest BCUT2D eigenvalue weighted by molar-refractivity contribution is -0.0690. The van der Waals surface area contributed by atoms with Crippen molar-refractivity contribution in [1.82, 2.24) is 14.6 Å². The Morgan fingerprint density at radius 2 is 1.64 bits per heavy atom. The number of aliphatic hydroxyl groups is 2. The average Bonchev–Trinajstić information content (AvgIpc) is 3.74. The number of hydrogen-bond donors (Lipinski definition) is 4. The summed E-state index contributed by atoms with van der Waals surface area (Å²) in [7, 11) is -4.76. The SMILES string of the molecule is CCCCCCCCCCCCCCCCOC[C@H](COP(=O)(O)OC[C@H]1O[C@@](C#N)(c2ccc3c(N)ncnn23)[C@H](O)[C@@H]1O)OCc1cccc(C#N)c1. The Hall–Kier alpha value is -3.47. The predicted molar refractivity (Wildman–Crippen MR) is 204 cm³/mol. The molecule has 1 aliphatic heterocycles. The Kier molecular flexibility index (Phi) is 18.4. The van der Waals surface area contributed by atoms with Gasteiger partial charge in [-0.15, -0.1) is 0 Å². The third-order valence-corrected chi connectivity index (χ3v) is 10.8. The maximum absolute atomic E-state index is 13.0. The summed E-state index contributed by atoms with van der Waals surface area (Å²) in [4.78, 5) is 14.5. The molecule has 0 radical (unpaired) electrons. The molecule has 0 aliphatic carbocycles. The number of hydrogen-bond acceptors (Lipinski definition) is 13. The Labute approximate surface area is 323 Å². The van der Waals surface area contributed by atoms with Gasteiger partial charge in [-0.2, -0.15) is 15.6 Å². The third kappa shape index (κ3) is 13.3. The van der Waals surface area contributed by atoms with E-state index in [0.29, 0.717) is 17.7 Å². The van der Waals surface area contributed by atoms with Crippen molar-refractivity contribution in [3.05, 3.63) is 59.5 Å². The minimum atomic E-state index is -4.76. The van der Waals surface area contributed by atoms with E-state index >= 15 is 0 Å². The van der Waals surface area contributed by atoms with Crippen molar-refractivity contribution in [1.29, 1.82) is 10.5 Å². The number of nitriles is 2. The van der Waals surface area contributed by atoms with Crippen LogP contribution in [0.25, 0.3) is 5.52 Å². The molecule has 1 saturated heterocycles. The smallest absolute Gasteiger partial charge is 0.387 e. The Balaban J connectivity index is 1.22. The van der Waals surface area contributed by atoms with E-state index in [1.54, 1.807) is 24.3 Å². The van der Waals surface area contributed by atoms with Gasteiger partial charge in [-0.3, -0.25) is 9.05 Å². The molecule has 0 spiro atoms. The first-order chi connectivity index (χ1) is 26.6. The van der Waals surface area contributed by atoms with Crippen molar-refractivity contribution in [2.75, 3.05) is 32.2 Å². The topological polar surface area (TPSA) is 228 Å². The molecule has 0 amide bonds. The van der Waals surface area contributed by atoms with E-state index in [-0.39, 0.29) is 31.3 Å². The van der Waals surface area contributed by atoms with Crippen LogP contribution in [0.1, 0.15) is 114 Å². The number of benzene rings is 1. The lowest BCUT2D eigenvalue weighted by atomic mass is 9.92. The quantitative estimate of drug-likeness (QED) is 0.0496. The highest BCUT2D eigenvalue weighted by molar-refractivity contribution is 7.47. The van der Waals surface area contributed by atoms with Gasteiger partial charge in [0.25, 0.3) is 0 Å². The molecule has 2 aromatic heterocycles. The molecule has 302 valence electrons. The molecule has 4 rings (SSSR count). The van der Waals surface area contributed by atoms with Crippen LogP contribution < -0.4 is 5.73 Å². The fraction of sp³-hybridized carbons (Fsp3) is 0.641. The van der Waals surface area contributed by atoms with Crippen molar-refractivity contribution >= 4 is 19.2 Å². The second-order valence-electron chi connectivity index (χ2n) is 14.1. The molecule has 1 unspecified atom stereocenters. The molecule has 55 heavy (non-hydrogen) atoms. The van der Waals surface area contributed by atoms with Crippen molar-refractivity contribution in [2.45, 2.75) is 133 Å². The molecule has 0 saturated carbocycles. The molecule has 1 fully saturated rings. The molecule has 0 bridgehead atoms. The molecule has 1 aliphatic rings. The van der Waals surface area contributed by atoms with Crippen LogP contribution in [0, 0.1) is 22.7 Å². The van der Waals surface area contributed by atoms with Crippen molar-refractivity contribution < 1.29 is 42.9 Å². The number of aromatic nitrogens is 3. The van der Waals surface area contributed by atoms with Gasteiger partial charge < -0.3 is 35.1 Å². The third-order valence-electron chi connectivity index (χ3n) is 9.80. The molecule has 15 nitrogen and oxygen atoms in total. The number of anilines is 1. The summed E-state index contributed by atoms with van der Waals surface area (Å²) in [5, 5.41) is 45.2. The number of aliphatic hydroxyl groups excluding tert-OH is 2. The van der Waals surface area contributed by atoms with Crippen LogP contribution in [0.2, 0.25) is 0 Å². The predicted octanol–water partition coefficient (Wildman–Crippen LogP) is 6.24. The molecule has 16 heteroatoms. The van der Waals surface area contributed by atoms with Crippen LogP contribution in [-0.2, 0) is 40.0 Å². The summed E-state index contributed by atoms with van der Waals surface area (Å²) < 4.78 is 42.4. The highest BCUT2D eigenvalue weighted by Gasteiger charge is 2.58. The number of phosphoric acid groups is 1. The van der Waals surface area contributed by atoms with Gasteiger partial charge in [-0.1, -0.05) is 103 Å². The van der Waals surface area contributed by atoms with E-state index in [2.05, 4.69) is 23.1 Å². The maximum Gasteiger partial charge on any atom is 0.472 e. The summed E-state index contributed by atoms with van der Waals surface area (Å²) in [6.45, 7) is 1.85. The Bertz CT molecular complexity index is 1730. The normalized spacial score (nSPS) is 21.3. The van der Waals surface area contributed by atoms with Crippen LogP contribution in [0.5, 0.6) is 0 Å². The number of nitrogen functional groups attached to an aromatic ring is 1. The number of fused-ring (bicyclic) bond motifs is 1. The maximum atomic E-state index is 13.0. The van der Waals surface area contributed by atoms with Gasteiger partial charge in [0.2, 0.25) is 5.60 Å². The molecule has 1 aromatic carbocycles. The zero-order valence-corrected chi connectivity index (χ0v) is 32.7. The van der Waals surface area contributed by atoms with E-state index in [1.165, 1.54) is 93.6 Å². The van der Waals surface area contributed by atoms with E-state index < -0.39 is 44.4 Å². The Morgan fingerprint density at radius 1 is 0.964 bits per heavy atom. The number of nitrogens with two attached hydrogens (primary N) is 1. The van der Waals surface area contributed by atoms with Gasteiger partial charge in [-0.25, -0.2) is 14.1 Å². The van der Waals surface area contributed by atoms with E-state index in [9.17, 15) is 30.2 Å². The van der Waals surface area contributed by atoms with Crippen molar-refractivity contribution in [2.24, 2.45) is 0 Å². The lowest BCUT2D eigenvalue weighted by Gasteiger charge is -2.24. The first-order valence-corrected chi connectivity index (χ1v) is 21.0. The van der Waals surface area contributed by atoms with Crippen LogP contribution in [0.3, 0.4) is 0 Å². The average molecular weight is 785 g/mol. The lowest BCUT2D eigenvalue weighted by Crippen LogP contribution is -2.41. The van der Waals surface area contributed by atoms with Gasteiger partial charge in [0.15, 0.2) is 5.82 Å². The minimum absolute atomic E-state index is 0.0750. The van der Waals surface area contributed by atoms with E-state index in [1.807, 2.05) is 6.07 Å². The number of nitrogens with zero attached hydrogens (tertiary/aromatic N) is 5. The van der Waals surface area contributed by atoms with Gasteiger partial charge in [0, 0.05) is 6.61 Å². The zero-order chi connectivity index (χ0) is 39.5. The van der Waals surface area contributed by atoms with Crippen LogP contribution in [0.15, 0.2) is 42.7 Å². The monoisotopic (exact) mass is 784 g/mol. The van der Waals surface area contributed by atoms with Gasteiger partial charge in [-0.05, 0) is 36.2 Å². The van der Waals surface area contributed by atoms with Crippen LogP contribution in [-0.4, -0.2) is 80.5 Å². The zero-order valence-electron chi connectivity index (χ0n) is 31.8. The summed E-state index contributed by atoms with van der Waals surface area (Å²) in [6.07, 6.45) is 13.1. The largest absolute Gasteiger partial charge is 0.472 e. The fourth-order valence-electron chi connectivity index (χ4n) is 6.64. The van der Waals surface area contributed by atoms with Gasteiger partial charge in [0.1, 0.15) is 42.3 Å². The number of ether oxygens (including phenoxy) is 3. The number of phosphoric ester groups is 1. The Morgan fingerprint density at radius 3 is 2.29 bits per heavy atom. The molecule has 3 aromatic rings. The summed E-state index contributed by atoms with van der Waals surface area (Å²) in [5.74, 6) is 0.124. The van der Waals surface area contributed by atoms with Crippen molar-refractivity contribution in [3.8, 4) is 12.1 Å². The van der Waals surface area contributed by atoms with Crippen LogP contribution in [0.4, 0.5) is 5.82 Å². The summed E-state index contributed by atoms with van der Waals surface area (Å²) in [6, 6.07) is 13.9. The number of unbranched alkanes of at least 4 members (excludes halogenated alkanes) is 13. The van der Waals surface area contributed by atoms with Crippen molar-refractivity contribution in [3.63, 3.8) is 0 Å². The first-order valence-electron chi connectivity index (χ1n) is 19.5. The number of rotatable bonds is 27. The first kappa shape index (κ1) is 44.2. The second-order valence-corrected chi connectivity index (χ2v) is 15.5. The van der Waals surface area contributed by atoms with Crippen LogP contribution >= 0.6 is 7.82 Å². The summed E-state index contributed by atoms with van der Waals surface area (Å²) >= 11 is 0. The summed E-state index contributed by atoms with van der Waals surface area (Å²) in [5.41, 5.74) is 5.43. The molecular weight excluding hydrogens is 727 g/mol. The highest BCUT2D eigenvalue weighted by Crippen LogP contribution is 2.46. The highest BCUT2D eigenvalue weighted by atomic mass is 31.2. The minimum Gasteiger partial charge on any atom is -0.387 e. The second kappa shape index (κ2) is 22.9. The van der Waals surface area contributed by atoms with Gasteiger partial charge in [0.05, 0.1) is 43.8 Å².